The van der Waals surface area contributed by atoms with E-state index in [-0.39, 0.29) is 11.9 Å². The topological polar surface area (TPSA) is 61.4 Å². The van der Waals surface area contributed by atoms with Crippen molar-refractivity contribution >= 4 is 11.9 Å². The first kappa shape index (κ1) is 17.8. The van der Waals surface area contributed by atoms with Crippen LogP contribution in [-0.4, -0.2) is 43.0 Å². The highest BCUT2D eigenvalue weighted by molar-refractivity contribution is 5.79. The molecule has 1 saturated carbocycles. The van der Waals surface area contributed by atoms with Gasteiger partial charge in [-0.25, -0.2) is 4.79 Å². The predicted molar refractivity (Wildman–Crippen MR) is 98.6 cm³/mol. The summed E-state index contributed by atoms with van der Waals surface area (Å²) in [6, 6.07) is 8.85. The van der Waals surface area contributed by atoms with Crippen molar-refractivity contribution in [2.75, 3.05) is 26.2 Å². The van der Waals surface area contributed by atoms with Crippen LogP contribution < -0.4 is 10.6 Å². The molecule has 3 rings (SSSR count). The molecule has 5 nitrogen and oxygen atoms in total. The Hall–Kier alpha value is -2.04. The van der Waals surface area contributed by atoms with Crippen molar-refractivity contribution in [3.8, 4) is 0 Å². The van der Waals surface area contributed by atoms with Crippen molar-refractivity contribution in [2.45, 2.75) is 50.9 Å². The smallest absolute Gasteiger partial charge is 0.317 e. The Kier molecular flexibility index (Phi) is 6.31. The van der Waals surface area contributed by atoms with Gasteiger partial charge < -0.3 is 15.5 Å². The Labute approximate surface area is 150 Å². The molecule has 5 heteroatoms. The molecule has 2 aliphatic rings. The molecular formula is C20H29N3O2. The lowest BCUT2D eigenvalue weighted by molar-refractivity contribution is -0.120. The van der Waals surface area contributed by atoms with Gasteiger partial charge in [0, 0.05) is 32.6 Å². The van der Waals surface area contributed by atoms with Gasteiger partial charge in [0.2, 0.25) is 5.91 Å². The van der Waals surface area contributed by atoms with E-state index in [0.29, 0.717) is 32.6 Å². The molecule has 0 atom stereocenters. The normalized spacial score (nSPS) is 19.2. The fourth-order valence-electron chi connectivity index (χ4n) is 3.79. The SMILES string of the molecule is O=C1CCN(C(=O)NCCc2ccc(C3CCCCC3)cc2)CCN1. The average Bonchev–Trinajstić information content (AvgIpc) is 2.87. The maximum atomic E-state index is 12.2. The molecular weight excluding hydrogens is 314 g/mol. The third kappa shape index (κ3) is 5.21. The molecule has 25 heavy (non-hydrogen) atoms. The highest BCUT2D eigenvalue weighted by Gasteiger charge is 2.18. The monoisotopic (exact) mass is 343 g/mol. The van der Waals surface area contributed by atoms with E-state index in [1.807, 2.05) is 0 Å². The van der Waals surface area contributed by atoms with Crippen molar-refractivity contribution in [3.63, 3.8) is 0 Å². The number of hydrogen-bond donors (Lipinski definition) is 2. The second kappa shape index (κ2) is 8.88. The largest absolute Gasteiger partial charge is 0.354 e. The van der Waals surface area contributed by atoms with Crippen LogP contribution in [0, 0.1) is 0 Å². The third-order valence-electron chi connectivity index (χ3n) is 5.35. The van der Waals surface area contributed by atoms with Crippen LogP contribution in [0.15, 0.2) is 24.3 Å². The molecule has 0 unspecified atom stereocenters. The first-order valence-electron chi connectivity index (χ1n) is 9.61. The van der Waals surface area contributed by atoms with Crippen LogP contribution in [0.4, 0.5) is 4.79 Å². The first-order chi connectivity index (χ1) is 12.2. The number of nitrogens with one attached hydrogen (secondary N) is 2. The molecule has 0 spiro atoms. The molecule has 136 valence electrons. The van der Waals surface area contributed by atoms with Gasteiger partial charge in [-0.2, -0.15) is 0 Å². The zero-order valence-electron chi connectivity index (χ0n) is 14.9. The Morgan fingerprint density at radius 1 is 1.12 bits per heavy atom. The standard InChI is InChI=1S/C20H29N3O2/c24-19-11-14-23(15-13-21-19)20(25)22-12-10-16-6-8-18(9-7-16)17-4-2-1-3-5-17/h6-9,17H,1-5,10-15H2,(H,21,24)(H,22,25). The zero-order chi connectivity index (χ0) is 17.5. The minimum Gasteiger partial charge on any atom is -0.354 e. The molecule has 3 amide bonds. The van der Waals surface area contributed by atoms with Gasteiger partial charge in [-0.15, -0.1) is 0 Å². The molecule has 1 saturated heterocycles. The van der Waals surface area contributed by atoms with Gasteiger partial charge in [0.05, 0.1) is 0 Å². The fourth-order valence-corrected chi connectivity index (χ4v) is 3.79. The van der Waals surface area contributed by atoms with Gasteiger partial charge in [-0.1, -0.05) is 43.5 Å². The number of rotatable bonds is 4. The molecule has 1 aromatic carbocycles. The quantitative estimate of drug-likeness (QED) is 0.883. The van der Waals surface area contributed by atoms with Gasteiger partial charge in [0.1, 0.15) is 0 Å². The van der Waals surface area contributed by atoms with Gasteiger partial charge in [-0.3, -0.25) is 4.79 Å². The van der Waals surface area contributed by atoms with Crippen molar-refractivity contribution < 1.29 is 9.59 Å². The summed E-state index contributed by atoms with van der Waals surface area (Å²) in [7, 11) is 0. The lowest BCUT2D eigenvalue weighted by Gasteiger charge is -2.22. The Morgan fingerprint density at radius 2 is 1.88 bits per heavy atom. The molecule has 1 aliphatic carbocycles. The summed E-state index contributed by atoms with van der Waals surface area (Å²) in [5, 5.41) is 5.75. The summed E-state index contributed by atoms with van der Waals surface area (Å²) in [4.78, 5) is 25.2. The van der Waals surface area contributed by atoms with Crippen molar-refractivity contribution in [3.05, 3.63) is 35.4 Å². The molecule has 0 bridgehead atoms. The number of nitrogens with zero attached hydrogens (tertiary/aromatic N) is 1. The summed E-state index contributed by atoms with van der Waals surface area (Å²) in [5.74, 6) is 0.759. The van der Waals surface area contributed by atoms with Gasteiger partial charge in [0.15, 0.2) is 0 Å². The lowest BCUT2D eigenvalue weighted by atomic mass is 9.84. The third-order valence-corrected chi connectivity index (χ3v) is 5.35. The number of carbonyl (C=O) groups is 2. The number of benzene rings is 1. The minimum absolute atomic E-state index is 0.0216. The molecule has 1 heterocycles. The zero-order valence-corrected chi connectivity index (χ0v) is 14.9. The summed E-state index contributed by atoms with van der Waals surface area (Å²) < 4.78 is 0. The molecule has 1 aliphatic heterocycles. The van der Waals surface area contributed by atoms with Gasteiger partial charge >= 0.3 is 6.03 Å². The maximum Gasteiger partial charge on any atom is 0.317 e. The number of urea groups is 1. The van der Waals surface area contributed by atoms with E-state index in [9.17, 15) is 9.59 Å². The van der Waals surface area contributed by atoms with Crippen LogP contribution in [0.5, 0.6) is 0 Å². The summed E-state index contributed by atoms with van der Waals surface area (Å²) >= 11 is 0. The maximum absolute atomic E-state index is 12.2. The summed E-state index contributed by atoms with van der Waals surface area (Å²) in [6.45, 7) is 2.23. The van der Waals surface area contributed by atoms with Crippen LogP contribution in [0.1, 0.15) is 55.6 Å². The lowest BCUT2D eigenvalue weighted by Crippen LogP contribution is -2.42. The van der Waals surface area contributed by atoms with Crippen LogP contribution in [-0.2, 0) is 11.2 Å². The number of amides is 3. The van der Waals surface area contributed by atoms with Crippen molar-refractivity contribution in [2.24, 2.45) is 0 Å². The Morgan fingerprint density at radius 3 is 2.64 bits per heavy atom. The second-order valence-electron chi connectivity index (χ2n) is 7.15. The first-order valence-corrected chi connectivity index (χ1v) is 9.61. The summed E-state index contributed by atoms with van der Waals surface area (Å²) in [6.07, 6.45) is 7.96. The van der Waals surface area contributed by atoms with E-state index in [4.69, 9.17) is 0 Å². The highest BCUT2D eigenvalue weighted by Crippen LogP contribution is 2.32. The van der Waals surface area contributed by atoms with E-state index in [1.54, 1.807) is 4.90 Å². The van der Waals surface area contributed by atoms with E-state index < -0.39 is 0 Å². The van der Waals surface area contributed by atoms with Crippen LogP contribution in [0.25, 0.3) is 0 Å². The van der Waals surface area contributed by atoms with E-state index in [2.05, 4.69) is 34.9 Å². The highest BCUT2D eigenvalue weighted by atomic mass is 16.2. The number of hydrogen-bond acceptors (Lipinski definition) is 2. The summed E-state index contributed by atoms with van der Waals surface area (Å²) in [5.41, 5.74) is 2.72. The predicted octanol–water partition coefficient (Wildman–Crippen LogP) is 2.81. The molecule has 2 N–H and O–H groups in total. The van der Waals surface area contributed by atoms with Crippen molar-refractivity contribution in [1.82, 2.24) is 15.5 Å². The van der Waals surface area contributed by atoms with Crippen molar-refractivity contribution in [1.29, 1.82) is 0 Å². The van der Waals surface area contributed by atoms with Crippen LogP contribution in [0.2, 0.25) is 0 Å². The van der Waals surface area contributed by atoms with Crippen LogP contribution in [0.3, 0.4) is 0 Å². The minimum atomic E-state index is -0.0738. The Balaban J connectivity index is 1.42. The molecule has 2 fully saturated rings. The molecule has 0 aromatic heterocycles. The van der Waals surface area contributed by atoms with Crippen LogP contribution >= 0.6 is 0 Å². The number of carbonyl (C=O) groups excluding carboxylic acids is 2. The second-order valence-corrected chi connectivity index (χ2v) is 7.15. The fraction of sp³-hybridized carbons (Fsp3) is 0.600. The average molecular weight is 343 g/mol. The molecule has 1 aromatic rings. The van der Waals surface area contributed by atoms with Gasteiger partial charge in [-0.05, 0) is 36.3 Å². The van der Waals surface area contributed by atoms with E-state index in [0.717, 1.165) is 12.3 Å². The Bertz CT molecular complexity index is 579. The van der Waals surface area contributed by atoms with Gasteiger partial charge in [0.25, 0.3) is 0 Å². The molecule has 0 radical (unpaired) electrons. The van der Waals surface area contributed by atoms with E-state index in [1.165, 1.54) is 43.2 Å². The van der Waals surface area contributed by atoms with E-state index >= 15 is 0 Å².